The third-order valence-corrected chi connectivity index (χ3v) is 7.16. The van der Waals surface area contributed by atoms with Crippen molar-refractivity contribution in [2.45, 2.75) is 51.2 Å². The number of aromatic nitrogens is 2. The first-order chi connectivity index (χ1) is 13.8. The molecule has 0 fully saturated rings. The standard InChI is InChI=1S/C22H30N4O2S/c1-6-17-8-10-18(11-9-17)16(3)23-15-22-24-20-14-19(29(27,28)25(4)5)12-13-21(20)26(22)7-2/h8-14,16,23H,6-7,15H2,1-5H3/t16-/m0/s1. The Morgan fingerprint density at radius 2 is 1.79 bits per heavy atom. The molecule has 0 aliphatic rings. The molecule has 6 nitrogen and oxygen atoms in total. The van der Waals surface area contributed by atoms with Gasteiger partial charge in [-0.25, -0.2) is 17.7 Å². The minimum Gasteiger partial charge on any atom is -0.327 e. The molecule has 0 saturated carbocycles. The molecule has 0 aliphatic carbocycles. The Balaban J connectivity index is 1.84. The summed E-state index contributed by atoms with van der Waals surface area (Å²) in [6.45, 7) is 7.74. The number of aryl methyl sites for hydroxylation is 2. The molecule has 1 atom stereocenters. The van der Waals surface area contributed by atoms with Gasteiger partial charge in [0.2, 0.25) is 10.0 Å². The zero-order valence-electron chi connectivity index (χ0n) is 17.8. The fourth-order valence-electron chi connectivity index (χ4n) is 3.42. The van der Waals surface area contributed by atoms with Gasteiger partial charge in [-0.1, -0.05) is 31.2 Å². The highest BCUT2D eigenvalue weighted by Gasteiger charge is 2.19. The molecule has 0 amide bonds. The van der Waals surface area contributed by atoms with Gasteiger partial charge in [-0.2, -0.15) is 0 Å². The van der Waals surface area contributed by atoms with E-state index in [0.29, 0.717) is 12.1 Å². The van der Waals surface area contributed by atoms with E-state index in [4.69, 9.17) is 4.98 Å². The van der Waals surface area contributed by atoms with Crippen LogP contribution in [0.15, 0.2) is 47.4 Å². The second-order valence-electron chi connectivity index (χ2n) is 7.41. The smallest absolute Gasteiger partial charge is 0.242 e. The van der Waals surface area contributed by atoms with Crippen LogP contribution >= 0.6 is 0 Å². The van der Waals surface area contributed by atoms with Crippen molar-refractivity contribution in [3.8, 4) is 0 Å². The molecule has 0 saturated heterocycles. The number of imidazole rings is 1. The number of nitrogens with one attached hydrogen (secondary N) is 1. The van der Waals surface area contributed by atoms with Crippen LogP contribution in [-0.4, -0.2) is 36.4 Å². The Morgan fingerprint density at radius 1 is 1.10 bits per heavy atom. The number of hydrogen-bond donors (Lipinski definition) is 1. The Hall–Kier alpha value is -2.22. The van der Waals surface area contributed by atoms with Gasteiger partial charge in [-0.3, -0.25) is 0 Å². The van der Waals surface area contributed by atoms with Crippen LogP contribution in [0.4, 0.5) is 0 Å². The van der Waals surface area contributed by atoms with E-state index in [1.165, 1.54) is 29.5 Å². The number of nitrogens with zero attached hydrogens (tertiary/aromatic N) is 3. The molecule has 0 unspecified atom stereocenters. The summed E-state index contributed by atoms with van der Waals surface area (Å²) < 4.78 is 28.2. The molecule has 2 aromatic carbocycles. The van der Waals surface area contributed by atoms with E-state index >= 15 is 0 Å². The minimum atomic E-state index is -3.48. The first-order valence-electron chi connectivity index (χ1n) is 10.0. The first-order valence-corrected chi connectivity index (χ1v) is 11.5. The number of rotatable bonds is 8. The largest absolute Gasteiger partial charge is 0.327 e. The minimum absolute atomic E-state index is 0.190. The molecule has 1 heterocycles. The Kier molecular flexibility index (Phi) is 6.41. The van der Waals surface area contributed by atoms with Crippen molar-refractivity contribution in [3.05, 3.63) is 59.4 Å². The molecular formula is C22H30N4O2S. The van der Waals surface area contributed by atoms with E-state index in [1.54, 1.807) is 12.1 Å². The molecular weight excluding hydrogens is 384 g/mol. The van der Waals surface area contributed by atoms with E-state index in [1.807, 2.05) is 6.07 Å². The summed E-state index contributed by atoms with van der Waals surface area (Å²) in [6, 6.07) is 14.0. The van der Waals surface area contributed by atoms with Gasteiger partial charge in [0.05, 0.1) is 22.5 Å². The summed E-state index contributed by atoms with van der Waals surface area (Å²) in [4.78, 5) is 4.99. The van der Waals surface area contributed by atoms with Crippen molar-refractivity contribution in [1.29, 1.82) is 0 Å². The SMILES string of the molecule is CCc1ccc([C@H](C)NCc2nc3cc(S(=O)(=O)N(C)C)ccc3n2CC)cc1. The lowest BCUT2D eigenvalue weighted by Gasteiger charge is -2.15. The van der Waals surface area contributed by atoms with Gasteiger partial charge in [0.1, 0.15) is 5.82 Å². The van der Waals surface area contributed by atoms with Crippen molar-refractivity contribution in [1.82, 2.24) is 19.2 Å². The van der Waals surface area contributed by atoms with Gasteiger partial charge in [-0.15, -0.1) is 0 Å². The van der Waals surface area contributed by atoms with Crippen molar-refractivity contribution in [2.24, 2.45) is 0 Å². The molecule has 1 aromatic heterocycles. The summed E-state index contributed by atoms with van der Waals surface area (Å²) in [5, 5.41) is 3.54. The van der Waals surface area contributed by atoms with Crippen molar-refractivity contribution in [2.75, 3.05) is 14.1 Å². The van der Waals surface area contributed by atoms with E-state index in [9.17, 15) is 8.42 Å². The third kappa shape index (κ3) is 4.37. The molecule has 3 aromatic rings. The van der Waals surface area contributed by atoms with Crippen LogP contribution < -0.4 is 5.32 Å². The fraction of sp³-hybridized carbons (Fsp3) is 0.409. The normalized spacial score (nSPS) is 13.3. The summed E-state index contributed by atoms with van der Waals surface area (Å²) in [5.74, 6) is 0.902. The zero-order chi connectivity index (χ0) is 21.2. The van der Waals surface area contributed by atoms with Gasteiger partial charge < -0.3 is 9.88 Å². The topological polar surface area (TPSA) is 67.2 Å². The monoisotopic (exact) mass is 414 g/mol. The van der Waals surface area contributed by atoms with E-state index in [-0.39, 0.29) is 10.9 Å². The first kappa shape index (κ1) is 21.5. The molecule has 0 radical (unpaired) electrons. The molecule has 29 heavy (non-hydrogen) atoms. The fourth-order valence-corrected chi connectivity index (χ4v) is 4.35. The van der Waals surface area contributed by atoms with Crippen molar-refractivity contribution < 1.29 is 8.42 Å². The van der Waals surface area contributed by atoms with Crippen LogP contribution in [0.1, 0.15) is 43.8 Å². The van der Waals surface area contributed by atoms with Gasteiger partial charge in [0.15, 0.2) is 0 Å². The highest BCUT2D eigenvalue weighted by atomic mass is 32.2. The van der Waals surface area contributed by atoms with Crippen molar-refractivity contribution in [3.63, 3.8) is 0 Å². The molecule has 1 N–H and O–H groups in total. The number of fused-ring (bicyclic) bond motifs is 1. The maximum absolute atomic E-state index is 12.4. The van der Waals surface area contributed by atoms with E-state index < -0.39 is 10.0 Å². The quantitative estimate of drug-likeness (QED) is 0.610. The maximum atomic E-state index is 12.4. The van der Waals surface area contributed by atoms with Gasteiger partial charge in [0, 0.05) is 26.7 Å². The molecule has 0 bridgehead atoms. The van der Waals surface area contributed by atoms with Gasteiger partial charge in [-0.05, 0) is 49.6 Å². The van der Waals surface area contributed by atoms with E-state index in [2.05, 4.69) is 54.9 Å². The Labute approximate surface area is 173 Å². The molecule has 7 heteroatoms. The highest BCUT2D eigenvalue weighted by molar-refractivity contribution is 7.89. The Morgan fingerprint density at radius 3 is 2.38 bits per heavy atom. The third-order valence-electron chi connectivity index (χ3n) is 5.35. The van der Waals surface area contributed by atoms with Crippen LogP contribution in [-0.2, 0) is 29.5 Å². The molecule has 0 aliphatic heterocycles. The van der Waals surface area contributed by atoms with Crippen LogP contribution in [0.2, 0.25) is 0 Å². The zero-order valence-corrected chi connectivity index (χ0v) is 18.6. The lowest BCUT2D eigenvalue weighted by atomic mass is 10.1. The van der Waals surface area contributed by atoms with Crippen molar-refractivity contribution >= 4 is 21.1 Å². The van der Waals surface area contributed by atoms with Gasteiger partial charge >= 0.3 is 0 Å². The molecule has 3 rings (SSSR count). The number of sulfonamides is 1. The maximum Gasteiger partial charge on any atom is 0.242 e. The lowest BCUT2D eigenvalue weighted by Crippen LogP contribution is -2.22. The Bertz CT molecular complexity index is 1090. The predicted molar refractivity (Wildman–Crippen MR) is 117 cm³/mol. The average Bonchev–Trinajstić information content (AvgIpc) is 3.08. The van der Waals surface area contributed by atoms with Crippen LogP contribution in [0.5, 0.6) is 0 Å². The van der Waals surface area contributed by atoms with Crippen LogP contribution in [0, 0.1) is 0 Å². The summed E-state index contributed by atoms with van der Waals surface area (Å²) in [7, 11) is -0.406. The second-order valence-corrected chi connectivity index (χ2v) is 9.56. The average molecular weight is 415 g/mol. The number of hydrogen-bond acceptors (Lipinski definition) is 4. The summed E-state index contributed by atoms with van der Waals surface area (Å²) >= 11 is 0. The highest BCUT2D eigenvalue weighted by Crippen LogP contribution is 2.23. The number of benzene rings is 2. The van der Waals surface area contributed by atoms with Gasteiger partial charge in [0.25, 0.3) is 0 Å². The lowest BCUT2D eigenvalue weighted by molar-refractivity contribution is 0.521. The predicted octanol–water partition coefficient (Wildman–Crippen LogP) is 3.72. The van der Waals surface area contributed by atoms with Crippen LogP contribution in [0.25, 0.3) is 11.0 Å². The summed E-state index contributed by atoms with van der Waals surface area (Å²) in [5.41, 5.74) is 4.21. The summed E-state index contributed by atoms with van der Waals surface area (Å²) in [6.07, 6.45) is 1.04. The second kappa shape index (κ2) is 8.65. The van der Waals surface area contributed by atoms with Crippen LogP contribution in [0.3, 0.4) is 0 Å². The molecule has 156 valence electrons. The van der Waals surface area contributed by atoms with E-state index in [0.717, 1.165) is 24.3 Å². The molecule has 0 spiro atoms.